The maximum atomic E-state index is 5.18. The third kappa shape index (κ3) is 2.70. The fourth-order valence-corrected chi connectivity index (χ4v) is 2.04. The summed E-state index contributed by atoms with van der Waals surface area (Å²) in [7, 11) is 1.66. The van der Waals surface area contributed by atoms with E-state index in [1.165, 1.54) is 11.5 Å². The molecule has 0 saturated carbocycles. The molecule has 0 unspecified atom stereocenters. The van der Waals surface area contributed by atoms with Gasteiger partial charge in [-0.1, -0.05) is 20.4 Å². The maximum absolute atomic E-state index is 5.18. The van der Waals surface area contributed by atoms with E-state index >= 15 is 0 Å². The Balaban J connectivity index is 2.08. The number of hydrogen-bond acceptors (Lipinski definition) is 5. The summed E-state index contributed by atoms with van der Waals surface area (Å²) in [5.74, 6) is 0.849. The fraction of sp³-hybridized carbons (Fsp3) is 0.200. The summed E-state index contributed by atoms with van der Waals surface area (Å²) in [6, 6.07) is 5.88. The van der Waals surface area contributed by atoms with Crippen LogP contribution in [0.2, 0.25) is 0 Å². The molecule has 1 aromatic heterocycles. The minimum Gasteiger partial charge on any atom is -0.497 e. The van der Waals surface area contributed by atoms with Crippen LogP contribution >= 0.6 is 27.5 Å². The lowest BCUT2D eigenvalue weighted by Crippen LogP contribution is -1.99. The van der Waals surface area contributed by atoms with Crippen LogP contribution in [0.5, 0.6) is 5.75 Å². The molecule has 2 rings (SSSR count). The van der Waals surface area contributed by atoms with Gasteiger partial charge in [-0.25, -0.2) is 0 Å². The van der Waals surface area contributed by atoms with Crippen molar-refractivity contribution in [3.63, 3.8) is 0 Å². The van der Waals surface area contributed by atoms with Crippen LogP contribution in [0.1, 0.15) is 5.56 Å². The largest absolute Gasteiger partial charge is 0.497 e. The Morgan fingerprint density at radius 3 is 3.06 bits per heavy atom. The van der Waals surface area contributed by atoms with Gasteiger partial charge in [-0.2, -0.15) is 0 Å². The maximum Gasteiger partial charge on any atom is 0.130 e. The number of hydrogen-bond donors (Lipinski definition) is 1. The van der Waals surface area contributed by atoms with E-state index in [1.807, 2.05) is 18.2 Å². The molecule has 84 valence electrons. The molecule has 1 aromatic carbocycles. The molecule has 0 fully saturated rings. The van der Waals surface area contributed by atoms with Crippen molar-refractivity contribution in [3.8, 4) is 5.75 Å². The summed E-state index contributed by atoms with van der Waals surface area (Å²) in [6.45, 7) is 0.710. The van der Waals surface area contributed by atoms with E-state index in [-0.39, 0.29) is 0 Å². The monoisotopic (exact) mass is 299 g/mol. The second-order valence-corrected chi connectivity index (χ2v) is 4.73. The first kappa shape index (κ1) is 11.3. The highest BCUT2D eigenvalue weighted by molar-refractivity contribution is 9.10. The molecule has 0 aliphatic rings. The normalized spacial score (nSPS) is 10.1. The average molecular weight is 300 g/mol. The predicted molar refractivity (Wildman–Crippen MR) is 67.9 cm³/mol. The van der Waals surface area contributed by atoms with Gasteiger partial charge in [0.15, 0.2) is 0 Å². The first-order chi connectivity index (χ1) is 7.79. The first-order valence-corrected chi connectivity index (χ1v) is 6.20. The molecule has 0 saturated heterocycles. The highest BCUT2D eigenvalue weighted by Crippen LogP contribution is 2.23. The summed E-state index contributed by atoms with van der Waals surface area (Å²) in [5, 5.41) is 7.95. The molecule has 0 bridgehead atoms. The number of nitrogens with zero attached hydrogens (tertiary/aromatic N) is 2. The molecule has 0 spiro atoms. The molecule has 0 atom stereocenters. The van der Waals surface area contributed by atoms with E-state index in [4.69, 9.17) is 4.74 Å². The van der Waals surface area contributed by atoms with E-state index in [1.54, 1.807) is 13.3 Å². The van der Waals surface area contributed by atoms with Crippen LogP contribution in [0.4, 0.5) is 5.00 Å². The molecule has 0 radical (unpaired) electrons. The molecule has 2 aromatic rings. The third-order valence-electron chi connectivity index (χ3n) is 2.07. The number of ether oxygens (including phenoxy) is 1. The van der Waals surface area contributed by atoms with Gasteiger partial charge in [-0.15, -0.1) is 5.10 Å². The van der Waals surface area contributed by atoms with Crippen molar-refractivity contribution in [3.05, 3.63) is 34.4 Å². The molecular weight excluding hydrogens is 290 g/mol. The van der Waals surface area contributed by atoms with Gasteiger partial charge >= 0.3 is 0 Å². The summed E-state index contributed by atoms with van der Waals surface area (Å²) in [4.78, 5) is 0. The SMILES string of the molecule is COc1ccc(Br)c(CNc2cnns2)c1. The third-order valence-corrected chi connectivity index (χ3v) is 3.46. The van der Waals surface area contributed by atoms with Crippen LogP contribution in [-0.4, -0.2) is 16.7 Å². The van der Waals surface area contributed by atoms with Crippen molar-refractivity contribution in [2.45, 2.75) is 6.54 Å². The van der Waals surface area contributed by atoms with Crippen LogP contribution in [0, 0.1) is 0 Å². The lowest BCUT2D eigenvalue weighted by atomic mass is 10.2. The Labute approximate surface area is 106 Å². The lowest BCUT2D eigenvalue weighted by Gasteiger charge is -2.07. The molecule has 4 nitrogen and oxygen atoms in total. The van der Waals surface area contributed by atoms with Crippen LogP contribution < -0.4 is 10.1 Å². The van der Waals surface area contributed by atoms with Gasteiger partial charge in [0.2, 0.25) is 0 Å². The minimum absolute atomic E-state index is 0.710. The summed E-state index contributed by atoms with van der Waals surface area (Å²) < 4.78 is 10.0. The number of rotatable bonds is 4. The van der Waals surface area contributed by atoms with Crippen molar-refractivity contribution in [2.75, 3.05) is 12.4 Å². The summed E-state index contributed by atoms with van der Waals surface area (Å²) >= 11 is 4.84. The summed E-state index contributed by atoms with van der Waals surface area (Å²) in [5.41, 5.74) is 1.13. The second-order valence-electron chi connectivity index (χ2n) is 3.09. The minimum atomic E-state index is 0.710. The van der Waals surface area contributed by atoms with Gasteiger partial charge in [-0.05, 0) is 23.8 Å². The van der Waals surface area contributed by atoms with E-state index in [0.29, 0.717) is 6.54 Å². The molecule has 16 heavy (non-hydrogen) atoms. The van der Waals surface area contributed by atoms with Gasteiger partial charge < -0.3 is 10.1 Å². The van der Waals surface area contributed by atoms with Crippen LogP contribution in [0.15, 0.2) is 28.9 Å². The van der Waals surface area contributed by atoms with Crippen molar-refractivity contribution >= 4 is 32.5 Å². The second kappa shape index (κ2) is 5.27. The predicted octanol–water partition coefficient (Wildman–Crippen LogP) is 2.92. The highest BCUT2D eigenvalue weighted by atomic mass is 79.9. The molecule has 0 aliphatic heterocycles. The Morgan fingerprint density at radius 2 is 2.38 bits per heavy atom. The van der Waals surface area contributed by atoms with Gasteiger partial charge in [-0.3, -0.25) is 0 Å². The van der Waals surface area contributed by atoms with E-state index in [0.717, 1.165) is 20.8 Å². The van der Waals surface area contributed by atoms with Gasteiger partial charge in [0, 0.05) is 22.5 Å². The molecule has 6 heteroatoms. The number of anilines is 1. The van der Waals surface area contributed by atoms with Crippen molar-refractivity contribution in [1.29, 1.82) is 0 Å². The fourth-order valence-electron chi connectivity index (χ4n) is 1.24. The zero-order valence-corrected chi connectivity index (χ0v) is 11.0. The van der Waals surface area contributed by atoms with Crippen molar-refractivity contribution in [2.24, 2.45) is 0 Å². The highest BCUT2D eigenvalue weighted by Gasteiger charge is 2.03. The smallest absolute Gasteiger partial charge is 0.130 e. The quantitative estimate of drug-likeness (QED) is 0.943. The zero-order chi connectivity index (χ0) is 11.4. The van der Waals surface area contributed by atoms with E-state index in [2.05, 4.69) is 30.8 Å². The van der Waals surface area contributed by atoms with E-state index < -0.39 is 0 Å². The van der Waals surface area contributed by atoms with Gasteiger partial charge in [0.05, 0.1) is 13.3 Å². The molecule has 1 N–H and O–H groups in total. The van der Waals surface area contributed by atoms with Gasteiger partial charge in [0.1, 0.15) is 10.8 Å². The molecule has 0 aliphatic carbocycles. The number of aromatic nitrogens is 2. The van der Waals surface area contributed by atoms with Gasteiger partial charge in [0.25, 0.3) is 0 Å². The zero-order valence-electron chi connectivity index (χ0n) is 8.61. The van der Waals surface area contributed by atoms with Crippen LogP contribution in [0.3, 0.4) is 0 Å². The topological polar surface area (TPSA) is 47.0 Å². The van der Waals surface area contributed by atoms with Crippen LogP contribution in [-0.2, 0) is 6.54 Å². The first-order valence-electron chi connectivity index (χ1n) is 4.63. The summed E-state index contributed by atoms with van der Waals surface area (Å²) in [6.07, 6.45) is 1.71. The Morgan fingerprint density at radius 1 is 1.50 bits per heavy atom. The molecule has 0 amide bonds. The number of methoxy groups -OCH3 is 1. The molecular formula is C10H10BrN3OS. The average Bonchev–Trinajstić information content (AvgIpc) is 2.81. The Hall–Kier alpha value is -1.14. The number of benzene rings is 1. The van der Waals surface area contributed by atoms with Crippen LogP contribution in [0.25, 0.3) is 0 Å². The number of nitrogens with one attached hydrogen (secondary N) is 1. The van der Waals surface area contributed by atoms with E-state index in [9.17, 15) is 0 Å². The van der Waals surface area contributed by atoms with Crippen molar-refractivity contribution in [1.82, 2.24) is 9.59 Å². The number of halogens is 1. The Bertz CT molecular complexity index is 461. The lowest BCUT2D eigenvalue weighted by molar-refractivity contribution is 0.414. The standard InChI is InChI=1S/C10H10BrN3OS/c1-15-8-2-3-9(11)7(4-8)5-12-10-6-13-14-16-10/h2-4,6,12H,5H2,1H3. The van der Waals surface area contributed by atoms with Crippen molar-refractivity contribution < 1.29 is 4.74 Å². The Kier molecular flexibility index (Phi) is 3.74. The molecule has 1 heterocycles.